The molecule has 1 aliphatic carbocycles. The van der Waals surface area contributed by atoms with Crippen LogP contribution in [0, 0.1) is 17.7 Å². The van der Waals surface area contributed by atoms with Gasteiger partial charge < -0.3 is 20.3 Å². The molecule has 3 atom stereocenters. The molecule has 4 rings (SSSR count). The molecule has 1 aromatic heterocycles. The fourth-order valence-corrected chi connectivity index (χ4v) is 4.58. The van der Waals surface area contributed by atoms with Crippen LogP contribution in [0.4, 0.5) is 10.1 Å². The molecule has 1 aromatic carbocycles. The number of aromatic carboxylic acids is 1. The molecule has 0 saturated carbocycles. The first kappa shape index (κ1) is 19.6. The van der Waals surface area contributed by atoms with Crippen molar-refractivity contribution in [3.8, 4) is 0 Å². The number of carboxylic acids is 1. The Hall–Kier alpha value is -2.67. The molecule has 1 fully saturated rings. The minimum Gasteiger partial charge on any atom is -0.477 e. The zero-order valence-corrected chi connectivity index (χ0v) is 16.9. The van der Waals surface area contributed by atoms with E-state index in [1.54, 1.807) is 10.6 Å². The van der Waals surface area contributed by atoms with Crippen LogP contribution in [0.3, 0.4) is 0 Å². The van der Waals surface area contributed by atoms with Gasteiger partial charge in [0.2, 0.25) is 5.43 Å². The van der Waals surface area contributed by atoms with Gasteiger partial charge >= 0.3 is 5.97 Å². The SMILES string of the molecule is CC(C)(C)n1cc(C(=O)O)c(=O)c2cc(F)c(N3CC4C=CCC(N)C4C3)cc21. The Labute approximate surface area is 168 Å². The van der Waals surface area contributed by atoms with Crippen molar-refractivity contribution >= 4 is 22.6 Å². The molecule has 0 bridgehead atoms. The predicted octanol–water partition coefficient (Wildman–Crippen LogP) is 2.93. The molecule has 3 N–H and O–H groups in total. The molecule has 29 heavy (non-hydrogen) atoms. The summed E-state index contributed by atoms with van der Waals surface area (Å²) in [4.78, 5) is 26.2. The van der Waals surface area contributed by atoms with Crippen LogP contribution in [0.2, 0.25) is 0 Å². The van der Waals surface area contributed by atoms with E-state index in [1.807, 2.05) is 25.7 Å². The summed E-state index contributed by atoms with van der Waals surface area (Å²) in [6.07, 6.45) is 6.45. The van der Waals surface area contributed by atoms with Gasteiger partial charge in [-0.3, -0.25) is 4.79 Å². The summed E-state index contributed by atoms with van der Waals surface area (Å²) in [6, 6.07) is 2.92. The highest BCUT2D eigenvalue weighted by atomic mass is 19.1. The van der Waals surface area contributed by atoms with Crippen LogP contribution in [0.5, 0.6) is 0 Å². The van der Waals surface area contributed by atoms with Gasteiger partial charge in [0, 0.05) is 42.2 Å². The number of nitrogens with two attached hydrogens (primary N) is 1. The Kier molecular flexibility index (Phi) is 4.53. The third kappa shape index (κ3) is 3.23. The number of halogens is 1. The Morgan fingerprint density at radius 2 is 2.00 bits per heavy atom. The number of carboxylic acid groups (broad SMARTS) is 1. The average Bonchev–Trinajstić information content (AvgIpc) is 3.06. The second-order valence-electron chi connectivity index (χ2n) is 9.10. The quantitative estimate of drug-likeness (QED) is 0.758. The molecule has 2 aromatic rings. The fraction of sp³-hybridized carbons (Fsp3) is 0.455. The van der Waals surface area contributed by atoms with Gasteiger partial charge in [-0.2, -0.15) is 0 Å². The normalized spacial score (nSPS) is 24.2. The average molecular weight is 399 g/mol. The molecule has 7 heteroatoms. The monoisotopic (exact) mass is 399 g/mol. The van der Waals surface area contributed by atoms with Crippen molar-refractivity contribution in [3.63, 3.8) is 0 Å². The van der Waals surface area contributed by atoms with Crippen LogP contribution in [0.1, 0.15) is 37.6 Å². The van der Waals surface area contributed by atoms with Gasteiger partial charge in [-0.15, -0.1) is 0 Å². The van der Waals surface area contributed by atoms with E-state index < -0.39 is 22.8 Å². The van der Waals surface area contributed by atoms with Crippen molar-refractivity contribution in [2.24, 2.45) is 17.6 Å². The number of benzene rings is 1. The van der Waals surface area contributed by atoms with Crippen molar-refractivity contribution < 1.29 is 14.3 Å². The van der Waals surface area contributed by atoms with E-state index in [0.717, 1.165) is 6.42 Å². The zero-order valence-electron chi connectivity index (χ0n) is 16.9. The smallest absolute Gasteiger partial charge is 0.341 e. The van der Waals surface area contributed by atoms with E-state index >= 15 is 4.39 Å². The molecule has 0 spiro atoms. The lowest BCUT2D eigenvalue weighted by Crippen LogP contribution is -2.36. The molecular formula is C22H26FN3O3. The van der Waals surface area contributed by atoms with Crippen LogP contribution in [0.15, 0.2) is 35.3 Å². The van der Waals surface area contributed by atoms with E-state index in [9.17, 15) is 14.7 Å². The lowest BCUT2D eigenvalue weighted by Gasteiger charge is -2.28. The highest BCUT2D eigenvalue weighted by Crippen LogP contribution is 2.37. The van der Waals surface area contributed by atoms with E-state index in [1.165, 1.54) is 12.3 Å². The Bertz CT molecular complexity index is 1080. The summed E-state index contributed by atoms with van der Waals surface area (Å²) in [5.74, 6) is -1.28. The number of fused-ring (bicyclic) bond motifs is 2. The number of hydrogen-bond acceptors (Lipinski definition) is 4. The molecule has 1 saturated heterocycles. The maximum atomic E-state index is 15.1. The summed E-state index contributed by atoms with van der Waals surface area (Å²) in [7, 11) is 0. The first-order valence-electron chi connectivity index (χ1n) is 9.88. The lowest BCUT2D eigenvalue weighted by molar-refractivity contribution is 0.0694. The van der Waals surface area contributed by atoms with E-state index in [2.05, 4.69) is 12.2 Å². The van der Waals surface area contributed by atoms with E-state index in [-0.39, 0.29) is 28.8 Å². The predicted molar refractivity (Wildman–Crippen MR) is 111 cm³/mol. The molecule has 6 nitrogen and oxygen atoms in total. The number of hydrogen-bond donors (Lipinski definition) is 2. The molecule has 3 unspecified atom stereocenters. The number of carbonyl (C=O) groups is 1. The number of anilines is 1. The van der Waals surface area contributed by atoms with Gasteiger partial charge in [-0.25, -0.2) is 9.18 Å². The number of nitrogens with zero attached hydrogens (tertiary/aromatic N) is 2. The number of pyridine rings is 1. The third-order valence-electron chi connectivity index (χ3n) is 6.12. The number of rotatable bonds is 2. The maximum absolute atomic E-state index is 15.1. The van der Waals surface area contributed by atoms with Crippen LogP contribution in [0.25, 0.3) is 10.9 Å². The first-order chi connectivity index (χ1) is 13.6. The summed E-state index contributed by atoms with van der Waals surface area (Å²) >= 11 is 0. The molecule has 0 amide bonds. The van der Waals surface area contributed by atoms with Gasteiger partial charge in [-0.05, 0) is 45.2 Å². The second-order valence-corrected chi connectivity index (χ2v) is 9.10. The van der Waals surface area contributed by atoms with Crippen molar-refractivity contribution in [1.29, 1.82) is 0 Å². The van der Waals surface area contributed by atoms with Crippen molar-refractivity contribution in [2.45, 2.75) is 38.8 Å². The Balaban J connectivity index is 1.89. The molecule has 2 heterocycles. The largest absolute Gasteiger partial charge is 0.477 e. The van der Waals surface area contributed by atoms with Crippen LogP contribution < -0.4 is 16.1 Å². The van der Waals surface area contributed by atoms with Gasteiger partial charge in [0.05, 0.1) is 11.2 Å². The fourth-order valence-electron chi connectivity index (χ4n) is 4.58. The highest BCUT2D eigenvalue weighted by Gasteiger charge is 2.37. The molecule has 154 valence electrons. The van der Waals surface area contributed by atoms with Crippen molar-refractivity contribution in [3.05, 3.63) is 52.1 Å². The summed E-state index contributed by atoms with van der Waals surface area (Å²) in [5.41, 5.74) is 5.70. The third-order valence-corrected chi connectivity index (χ3v) is 6.12. The first-order valence-corrected chi connectivity index (χ1v) is 9.88. The standard InChI is InChI=1S/C22H26FN3O3/c1-22(2,3)26-11-15(21(28)29)20(27)13-7-16(23)19(8-18(13)26)25-9-12-5-4-6-17(24)14(12)10-25/h4-5,7-8,11-12,14,17H,6,9-10,24H2,1-3H3,(H,28,29). The topological polar surface area (TPSA) is 88.6 Å². The van der Waals surface area contributed by atoms with Gasteiger partial charge in [0.25, 0.3) is 0 Å². The summed E-state index contributed by atoms with van der Waals surface area (Å²) in [6.45, 7) is 7.08. The maximum Gasteiger partial charge on any atom is 0.341 e. The van der Waals surface area contributed by atoms with E-state index in [0.29, 0.717) is 24.3 Å². The molecule has 0 radical (unpaired) electrons. The van der Waals surface area contributed by atoms with Crippen molar-refractivity contribution in [1.82, 2.24) is 4.57 Å². The summed E-state index contributed by atoms with van der Waals surface area (Å²) < 4.78 is 16.8. The highest BCUT2D eigenvalue weighted by molar-refractivity contribution is 5.93. The van der Waals surface area contributed by atoms with Crippen LogP contribution >= 0.6 is 0 Å². The van der Waals surface area contributed by atoms with Gasteiger partial charge in [0.1, 0.15) is 11.4 Å². The molecule has 2 aliphatic rings. The Morgan fingerprint density at radius 1 is 1.28 bits per heavy atom. The summed E-state index contributed by atoms with van der Waals surface area (Å²) in [5, 5.41) is 9.50. The van der Waals surface area contributed by atoms with E-state index in [4.69, 9.17) is 5.73 Å². The second kappa shape index (κ2) is 6.69. The minimum absolute atomic E-state index is 0.0596. The van der Waals surface area contributed by atoms with Crippen molar-refractivity contribution in [2.75, 3.05) is 18.0 Å². The molecule has 1 aliphatic heterocycles. The lowest BCUT2D eigenvalue weighted by atomic mass is 9.83. The minimum atomic E-state index is -1.32. The molecular weight excluding hydrogens is 373 g/mol. The van der Waals surface area contributed by atoms with Gasteiger partial charge in [0.15, 0.2) is 0 Å². The van der Waals surface area contributed by atoms with Crippen LogP contribution in [-0.4, -0.2) is 34.8 Å². The van der Waals surface area contributed by atoms with Crippen LogP contribution in [-0.2, 0) is 5.54 Å². The number of aromatic nitrogens is 1. The van der Waals surface area contributed by atoms with Gasteiger partial charge in [-0.1, -0.05) is 12.2 Å². The zero-order chi connectivity index (χ0) is 21.1. The Morgan fingerprint density at radius 3 is 2.62 bits per heavy atom.